The largest absolute Gasteiger partial charge is 0.399 e. The number of nitrogen functional groups attached to an aromatic ring is 1. The van der Waals surface area contributed by atoms with Crippen molar-refractivity contribution in [3.05, 3.63) is 42.0 Å². The first kappa shape index (κ1) is 13.1. The second-order valence-electron chi connectivity index (χ2n) is 5.53. The van der Waals surface area contributed by atoms with Gasteiger partial charge >= 0.3 is 0 Å². The monoisotopic (exact) mass is 272 g/mol. The summed E-state index contributed by atoms with van der Waals surface area (Å²) in [5.74, 6) is 0.995. The van der Waals surface area contributed by atoms with Gasteiger partial charge in [0.25, 0.3) is 0 Å². The second kappa shape index (κ2) is 4.90. The van der Waals surface area contributed by atoms with Gasteiger partial charge in [0, 0.05) is 19.8 Å². The molecule has 0 bridgehead atoms. The Morgan fingerprint density at radius 3 is 2.70 bits per heavy atom. The van der Waals surface area contributed by atoms with Gasteiger partial charge in [-0.25, -0.2) is 0 Å². The minimum atomic E-state index is -0.186. The SMILES string of the molecule is COC1(C(c2cccc(N)c2)c2nncn2C)CCC1. The lowest BCUT2D eigenvalue weighted by atomic mass is 9.68. The van der Waals surface area contributed by atoms with Gasteiger partial charge in [0.1, 0.15) is 12.2 Å². The third-order valence-corrected chi connectivity index (χ3v) is 4.38. The zero-order chi connectivity index (χ0) is 14.2. The molecule has 1 atom stereocenters. The van der Waals surface area contributed by atoms with E-state index in [1.807, 2.05) is 29.8 Å². The lowest BCUT2D eigenvalue weighted by Crippen LogP contribution is -2.46. The summed E-state index contributed by atoms with van der Waals surface area (Å²) in [6, 6.07) is 7.99. The lowest BCUT2D eigenvalue weighted by molar-refractivity contribution is -0.0856. The summed E-state index contributed by atoms with van der Waals surface area (Å²) < 4.78 is 7.85. The third-order valence-electron chi connectivity index (χ3n) is 4.38. The molecule has 1 aliphatic rings. The van der Waals surface area contributed by atoms with E-state index in [-0.39, 0.29) is 11.5 Å². The van der Waals surface area contributed by atoms with Crippen LogP contribution in [0.1, 0.15) is 36.6 Å². The van der Waals surface area contributed by atoms with Crippen LogP contribution in [0.4, 0.5) is 5.69 Å². The van der Waals surface area contributed by atoms with Gasteiger partial charge in [0.05, 0.1) is 11.5 Å². The zero-order valence-electron chi connectivity index (χ0n) is 11.9. The average molecular weight is 272 g/mol. The van der Waals surface area contributed by atoms with Crippen molar-refractivity contribution in [2.75, 3.05) is 12.8 Å². The van der Waals surface area contributed by atoms with Crippen LogP contribution in [0.2, 0.25) is 0 Å². The van der Waals surface area contributed by atoms with Crippen LogP contribution in [0.3, 0.4) is 0 Å². The fraction of sp³-hybridized carbons (Fsp3) is 0.467. The number of hydrogen-bond donors (Lipinski definition) is 1. The number of nitrogens with zero attached hydrogens (tertiary/aromatic N) is 3. The van der Waals surface area contributed by atoms with Gasteiger partial charge in [-0.05, 0) is 37.0 Å². The maximum Gasteiger partial charge on any atom is 0.143 e. The summed E-state index contributed by atoms with van der Waals surface area (Å²) in [5, 5.41) is 8.33. The second-order valence-corrected chi connectivity index (χ2v) is 5.53. The number of aryl methyl sites for hydroxylation is 1. The van der Waals surface area contributed by atoms with E-state index in [1.165, 1.54) is 6.42 Å². The van der Waals surface area contributed by atoms with Gasteiger partial charge < -0.3 is 15.0 Å². The molecule has 1 heterocycles. The molecule has 1 aliphatic carbocycles. The van der Waals surface area contributed by atoms with Crippen molar-refractivity contribution >= 4 is 5.69 Å². The van der Waals surface area contributed by atoms with Crippen molar-refractivity contribution in [1.82, 2.24) is 14.8 Å². The molecule has 5 heteroatoms. The number of aromatic nitrogens is 3. The average Bonchev–Trinajstić information content (AvgIpc) is 2.79. The third kappa shape index (κ3) is 1.98. The smallest absolute Gasteiger partial charge is 0.143 e. The fourth-order valence-electron chi connectivity index (χ4n) is 3.12. The number of ether oxygens (including phenoxy) is 1. The molecule has 2 N–H and O–H groups in total. The summed E-state index contributed by atoms with van der Waals surface area (Å²) in [4.78, 5) is 0. The Labute approximate surface area is 118 Å². The number of methoxy groups -OCH3 is 1. The van der Waals surface area contributed by atoms with Gasteiger partial charge in [0.15, 0.2) is 0 Å². The minimum Gasteiger partial charge on any atom is -0.399 e. The van der Waals surface area contributed by atoms with Crippen molar-refractivity contribution < 1.29 is 4.74 Å². The van der Waals surface area contributed by atoms with Crippen LogP contribution in [-0.2, 0) is 11.8 Å². The van der Waals surface area contributed by atoms with Crippen molar-refractivity contribution in [2.24, 2.45) is 7.05 Å². The Balaban J connectivity index is 2.11. The van der Waals surface area contributed by atoms with Crippen molar-refractivity contribution in [3.63, 3.8) is 0 Å². The Morgan fingerprint density at radius 1 is 1.40 bits per heavy atom. The summed E-state index contributed by atoms with van der Waals surface area (Å²) >= 11 is 0. The molecule has 1 saturated carbocycles. The normalized spacial score (nSPS) is 18.5. The molecule has 0 saturated heterocycles. The van der Waals surface area contributed by atoms with E-state index in [1.54, 1.807) is 13.4 Å². The molecule has 2 aromatic rings. The Kier molecular flexibility index (Phi) is 3.22. The van der Waals surface area contributed by atoms with E-state index in [0.29, 0.717) is 0 Å². The van der Waals surface area contributed by atoms with Crippen LogP contribution < -0.4 is 5.73 Å². The molecule has 0 spiro atoms. The van der Waals surface area contributed by atoms with E-state index < -0.39 is 0 Å². The predicted octanol–water partition coefficient (Wildman–Crippen LogP) is 2.10. The number of anilines is 1. The molecule has 106 valence electrons. The van der Waals surface area contributed by atoms with Crippen LogP contribution >= 0.6 is 0 Å². The van der Waals surface area contributed by atoms with Crippen LogP contribution in [0, 0.1) is 0 Å². The molecule has 0 amide bonds. The maximum absolute atomic E-state index is 5.95. The first-order chi connectivity index (χ1) is 9.66. The van der Waals surface area contributed by atoms with E-state index in [4.69, 9.17) is 10.5 Å². The summed E-state index contributed by atoms with van der Waals surface area (Å²) in [6.07, 6.45) is 4.99. The Morgan fingerprint density at radius 2 is 2.20 bits per heavy atom. The van der Waals surface area contributed by atoms with Crippen molar-refractivity contribution in [2.45, 2.75) is 30.8 Å². The number of hydrogen-bond acceptors (Lipinski definition) is 4. The molecule has 20 heavy (non-hydrogen) atoms. The highest BCUT2D eigenvalue weighted by atomic mass is 16.5. The summed E-state index contributed by atoms with van der Waals surface area (Å²) in [6.45, 7) is 0. The molecular weight excluding hydrogens is 252 g/mol. The van der Waals surface area contributed by atoms with E-state index in [9.17, 15) is 0 Å². The molecule has 1 unspecified atom stereocenters. The number of benzene rings is 1. The first-order valence-corrected chi connectivity index (χ1v) is 6.91. The minimum absolute atomic E-state index is 0.0669. The molecule has 5 nitrogen and oxygen atoms in total. The molecule has 1 fully saturated rings. The van der Waals surface area contributed by atoms with Crippen LogP contribution in [-0.4, -0.2) is 27.5 Å². The molecule has 1 aromatic carbocycles. The van der Waals surface area contributed by atoms with Crippen LogP contribution in [0.15, 0.2) is 30.6 Å². The molecule has 1 aromatic heterocycles. The highest BCUT2D eigenvalue weighted by molar-refractivity contribution is 5.44. The quantitative estimate of drug-likeness (QED) is 0.866. The zero-order valence-corrected chi connectivity index (χ0v) is 11.9. The van der Waals surface area contributed by atoms with E-state index >= 15 is 0 Å². The first-order valence-electron chi connectivity index (χ1n) is 6.91. The van der Waals surface area contributed by atoms with Crippen molar-refractivity contribution in [1.29, 1.82) is 0 Å². The number of nitrogens with two attached hydrogens (primary N) is 1. The molecule has 0 aliphatic heterocycles. The summed E-state index contributed by atoms with van der Waals surface area (Å²) in [7, 11) is 3.76. The molecular formula is C15H20N4O. The van der Waals surface area contributed by atoms with Crippen molar-refractivity contribution in [3.8, 4) is 0 Å². The topological polar surface area (TPSA) is 66.0 Å². The standard InChI is InChI=1S/C15H20N4O/c1-19-10-17-18-14(19)13(15(20-2)7-4-8-15)11-5-3-6-12(16)9-11/h3,5-6,9-10,13H,4,7-8,16H2,1-2H3. The van der Waals surface area contributed by atoms with Gasteiger partial charge in [-0.1, -0.05) is 12.1 Å². The van der Waals surface area contributed by atoms with Gasteiger partial charge in [-0.2, -0.15) is 0 Å². The van der Waals surface area contributed by atoms with Gasteiger partial charge in [-0.3, -0.25) is 0 Å². The maximum atomic E-state index is 5.95. The van der Waals surface area contributed by atoms with E-state index in [2.05, 4.69) is 16.3 Å². The Bertz CT molecular complexity index is 598. The predicted molar refractivity (Wildman–Crippen MR) is 77.3 cm³/mol. The summed E-state index contributed by atoms with van der Waals surface area (Å²) in [5.41, 5.74) is 7.67. The lowest BCUT2D eigenvalue weighted by Gasteiger charge is -2.46. The van der Waals surface area contributed by atoms with Gasteiger partial charge in [0.2, 0.25) is 0 Å². The van der Waals surface area contributed by atoms with Crippen LogP contribution in [0.25, 0.3) is 0 Å². The highest BCUT2D eigenvalue weighted by Crippen LogP contribution is 2.48. The van der Waals surface area contributed by atoms with Gasteiger partial charge in [-0.15, -0.1) is 10.2 Å². The Hall–Kier alpha value is -1.88. The van der Waals surface area contributed by atoms with Crippen LogP contribution in [0.5, 0.6) is 0 Å². The fourth-order valence-corrected chi connectivity index (χ4v) is 3.12. The number of rotatable bonds is 4. The van der Waals surface area contributed by atoms with E-state index in [0.717, 1.165) is 29.9 Å². The highest BCUT2D eigenvalue weighted by Gasteiger charge is 2.47. The molecule has 3 rings (SSSR count). The molecule has 0 radical (unpaired) electrons.